The van der Waals surface area contributed by atoms with E-state index in [0.717, 1.165) is 19.3 Å². The van der Waals surface area contributed by atoms with Crippen molar-refractivity contribution in [3.8, 4) is 0 Å². The monoisotopic (exact) mass is 345 g/mol. The molecule has 2 unspecified atom stereocenters. The van der Waals surface area contributed by atoms with Crippen LogP contribution in [-0.4, -0.2) is 35.8 Å². The van der Waals surface area contributed by atoms with E-state index in [9.17, 15) is 9.59 Å². The molecular weight excluding hydrogens is 322 g/mol. The molecule has 1 N–H and O–H groups in total. The van der Waals surface area contributed by atoms with Crippen molar-refractivity contribution >= 4 is 28.8 Å². The second-order valence-corrected chi connectivity index (χ2v) is 7.13. The van der Waals surface area contributed by atoms with Gasteiger partial charge in [-0.3, -0.25) is 14.9 Å². The van der Waals surface area contributed by atoms with Gasteiger partial charge in [-0.05, 0) is 43.2 Å². The first-order valence-corrected chi connectivity index (χ1v) is 9.03. The third-order valence-corrected chi connectivity index (χ3v) is 5.40. The summed E-state index contributed by atoms with van der Waals surface area (Å²) in [6.07, 6.45) is 3.44. The third-order valence-electron chi connectivity index (χ3n) is 5.00. The molecule has 0 amide bonds. The minimum Gasteiger partial charge on any atom is -0.465 e. The van der Waals surface area contributed by atoms with E-state index < -0.39 is 12.0 Å². The van der Waals surface area contributed by atoms with E-state index >= 15 is 0 Å². The number of rotatable bonds is 5. The molecule has 0 radical (unpaired) electrons. The van der Waals surface area contributed by atoms with Gasteiger partial charge >= 0.3 is 5.97 Å². The average molecular weight is 345 g/mol. The van der Waals surface area contributed by atoms with Gasteiger partial charge in [-0.15, -0.1) is 0 Å². The van der Waals surface area contributed by atoms with E-state index in [1.165, 1.54) is 11.1 Å². The van der Waals surface area contributed by atoms with Gasteiger partial charge in [-0.2, -0.15) is 0 Å². The number of hydrogen-bond acceptors (Lipinski definition) is 5. The van der Waals surface area contributed by atoms with Crippen molar-refractivity contribution in [3.63, 3.8) is 0 Å². The number of ether oxygens (including phenoxy) is 1. The molecule has 128 valence electrons. The zero-order valence-corrected chi connectivity index (χ0v) is 14.7. The van der Waals surface area contributed by atoms with Crippen molar-refractivity contribution in [2.24, 2.45) is 11.8 Å². The van der Waals surface area contributed by atoms with Gasteiger partial charge in [0.2, 0.25) is 0 Å². The molecule has 0 aromatic heterocycles. The van der Waals surface area contributed by atoms with Crippen LogP contribution < -0.4 is 5.32 Å². The lowest BCUT2D eigenvalue weighted by atomic mass is 9.79. The first-order valence-electron chi connectivity index (χ1n) is 8.62. The van der Waals surface area contributed by atoms with E-state index in [-0.39, 0.29) is 11.8 Å². The molecule has 5 heteroatoms. The second kappa shape index (κ2) is 7.53. The summed E-state index contributed by atoms with van der Waals surface area (Å²) < 4.78 is 5.08. The van der Waals surface area contributed by atoms with Crippen molar-refractivity contribution in [1.29, 1.82) is 0 Å². The van der Waals surface area contributed by atoms with Gasteiger partial charge in [0.15, 0.2) is 0 Å². The predicted octanol–water partition coefficient (Wildman–Crippen LogP) is 2.27. The highest BCUT2D eigenvalue weighted by Crippen LogP contribution is 2.29. The van der Waals surface area contributed by atoms with Gasteiger partial charge in [0.1, 0.15) is 11.8 Å². The number of carbonyl (C=O) groups is 2. The molecule has 1 aromatic carbocycles. The first-order chi connectivity index (χ1) is 11.6. The second-order valence-electron chi connectivity index (χ2n) is 6.60. The van der Waals surface area contributed by atoms with E-state index in [0.29, 0.717) is 30.4 Å². The van der Waals surface area contributed by atoms with Crippen LogP contribution in [0.4, 0.5) is 0 Å². The van der Waals surface area contributed by atoms with Crippen LogP contribution in [0.25, 0.3) is 0 Å². The maximum Gasteiger partial charge on any atom is 0.324 e. The largest absolute Gasteiger partial charge is 0.465 e. The quantitative estimate of drug-likeness (QED) is 0.655. The number of Topliss-reactive ketones (excluding diaryl/α,β-unsaturated/α-hetero) is 1. The number of nitrogens with one attached hydrogen (secondary N) is 1. The highest BCUT2D eigenvalue weighted by atomic mass is 32.1. The fourth-order valence-corrected chi connectivity index (χ4v) is 4.15. The summed E-state index contributed by atoms with van der Waals surface area (Å²) in [5.74, 6) is -0.480. The van der Waals surface area contributed by atoms with E-state index in [4.69, 9.17) is 17.0 Å². The van der Waals surface area contributed by atoms with Crippen LogP contribution in [0, 0.1) is 11.8 Å². The van der Waals surface area contributed by atoms with Crippen LogP contribution in [0.2, 0.25) is 0 Å². The molecule has 24 heavy (non-hydrogen) atoms. The van der Waals surface area contributed by atoms with Crippen LogP contribution >= 0.6 is 12.2 Å². The van der Waals surface area contributed by atoms with Crippen LogP contribution in [0.15, 0.2) is 24.3 Å². The predicted molar refractivity (Wildman–Crippen MR) is 96.1 cm³/mol. The van der Waals surface area contributed by atoms with Crippen molar-refractivity contribution in [2.75, 3.05) is 13.2 Å². The van der Waals surface area contributed by atoms with E-state index in [1.54, 1.807) is 6.92 Å². The minimum absolute atomic E-state index is 0.0763. The van der Waals surface area contributed by atoms with Gasteiger partial charge in [-0.25, -0.2) is 0 Å². The molecule has 2 aliphatic rings. The van der Waals surface area contributed by atoms with Crippen LogP contribution in [0.3, 0.4) is 0 Å². The van der Waals surface area contributed by atoms with Crippen LogP contribution in [-0.2, 0) is 27.2 Å². The van der Waals surface area contributed by atoms with E-state index in [2.05, 4.69) is 29.6 Å². The molecule has 0 bridgehead atoms. The summed E-state index contributed by atoms with van der Waals surface area (Å²) in [6, 6.07) is 7.82. The highest BCUT2D eigenvalue weighted by Gasteiger charge is 2.42. The zero-order valence-electron chi connectivity index (χ0n) is 13.9. The molecule has 1 aliphatic heterocycles. The standard InChI is InChI=1S/C19H23NO3S/c1-2-23-19(22)18-17(16(24)11-20-18)15(21)10-12-7-8-13-5-3-4-6-14(13)9-12/h3-6,12,17-18,20H,2,7-11H2,1H3/t12?,17?,18-/m0/s1. The highest BCUT2D eigenvalue weighted by molar-refractivity contribution is 7.80. The first kappa shape index (κ1) is 17.2. The fraction of sp³-hybridized carbons (Fsp3) is 0.526. The number of ketones is 1. The molecule has 0 saturated carbocycles. The molecule has 3 rings (SSSR count). The Hall–Kier alpha value is -1.59. The molecule has 1 heterocycles. The summed E-state index contributed by atoms with van der Waals surface area (Å²) in [7, 11) is 0. The molecular formula is C19H23NO3S. The van der Waals surface area contributed by atoms with E-state index in [1.807, 2.05) is 0 Å². The lowest BCUT2D eigenvalue weighted by molar-refractivity contribution is -0.147. The Morgan fingerprint density at radius 3 is 2.79 bits per heavy atom. The van der Waals surface area contributed by atoms with Gasteiger partial charge in [0, 0.05) is 17.8 Å². The number of benzene rings is 1. The van der Waals surface area contributed by atoms with Crippen LogP contribution in [0.1, 0.15) is 30.9 Å². The lowest BCUT2D eigenvalue weighted by Gasteiger charge is -2.25. The Labute approximate surface area is 148 Å². The zero-order chi connectivity index (χ0) is 17.1. The number of aryl methyl sites for hydroxylation is 1. The Morgan fingerprint density at radius 2 is 2.04 bits per heavy atom. The summed E-state index contributed by atoms with van der Waals surface area (Å²) in [6.45, 7) is 2.51. The molecule has 1 fully saturated rings. The van der Waals surface area contributed by atoms with Crippen molar-refractivity contribution in [3.05, 3.63) is 35.4 Å². The maximum absolute atomic E-state index is 12.8. The van der Waals surface area contributed by atoms with Crippen molar-refractivity contribution in [2.45, 2.75) is 38.6 Å². The van der Waals surface area contributed by atoms with Crippen molar-refractivity contribution in [1.82, 2.24) is 5.32 Å². The number of esters is 1. The average Bonchev–Trinajstić information content (AvgIpc) is 2.97. The summed E-state index contributed by atoms with van der Waals surface area (Å²) in [4.78, 5) is 25.5. The van der Waals surface area contributed by atoms with Gasteiger partial charge < -0.3 is 4.74 Å². The normalized spacial score (nSPS) is 26.0. The van der Waals surface area contributed by atoms with Crippen molar-refractivity contribution < 1.29 is 14.3 Å². The minimum atomic E-state index is -0.610. The fourth-order valence-electron chi connectivity index (χ4n) is 3.80. The van der Waals surface area contributed by atoms with Gasteiger partial charge in [0.05, 0.1) is 12.5 Å². The maximum atomic E-state index is 12.8. The lowest BCUT2D eigenvalue weighted by Crippen LogP contribution is -2.41. The Bertz CT molecular complexity index is 658. The number of hydrogen-bond donors (Lipinski definition) is 1. The van der Waals surface area contributed by atoms with Gasteiger partial charge in [-0.1, -0.05) is 36.5 Å². The Balaban J connectivity index is 1.66. The van der Waals surface area contributed by atoms with Gasteiger partial charge in [0.25, 0.3) is 0 Å². The smallest absolute Gasteiger partial charge is 0.324 e. The topological polar surface area (TPSA) is 55.4 Å². The van der Waals surface area contributed by atoms with Crippen LogP contribution in [0.5, 0.6) is 0 Å². The molecule has 4 nitrogen and oxygen atoms in total. The number of fused-ring (bicyclic) bond motifs is 1. The third kappa shape index (κ3) is 3.57. The molecule has 0 spiro atoms. The molecule has 3 atom stereocenters. The molecule has 1 aliphatic carbocycles. The molecule has 1 aromatic rings. The Kier molecular flexibility index (Phi) is 5.41. The number of carbonyl (C=O) groups excluding carboxylic acids is 2. The summed E-state index contributed by atoms with van der Waals surface area (Å²) in [5, 5.41) is 3.04. The summed E-state index contributed by atoms with van der Waals surface area (Å²) >= 11 is 5.34. The summed E-state index contributed by atoms with van der Waals surface area (Å²) in [5.41, 5.74) is 2.74. The SMILES string of the molecule is CCOC(=O)[C@H]1NCC(=S)C1C(=O)CC1CCc2ccccc2C1. The molecule has 1 saturated heterocycles. The number of thiocarbonyl (C=S) groups is 1. The Morgan fingerprint density at radius 1 is 1.29 bits per heavy atom.